The number of fused-ring (bicyclic) bond motifs is 1. The van der Waals surface area contributed by atoms with Crippen molar-refractivity contribution in [3.8, 4) is 0 Å². The van der Waals surface area contributed by atoms with Gasteiger partial charge in [-0.05, 0) is 42.0 Å². The molecular formula is C24H18ClF3N2O3S. The van der Waals surface area contributed by atoms with Crippen molar-refractivity contribution < 1.29 is 26.4 Å². The second-order valence-corrected chi connectivity index (χ2v) is 10.0. The van der Waals surface area contributed by atoms with Gasteiger partial charge in [0.15, 0.2) is 9.84 Å². The molecule has 0 radical (unpaired) electrons. The molecule has 1 amide bonds. The monoisotopic (exact) mass is 506 g/mol. The Balaban J connectivity index is 1.61. The maximum absolute atomic E-state index is 13.2. The number of anilines is 1. The van der Waals surface area contributed by atoms with Gasteiger partial charge >= 0.3 is 6.18 Å². The summed E-state index contributed by atoms with van der Waals surface area (Å²) in [5, 5.41) is 3.30. The Morgan fingerprint density at radius 2 is 1.71 bits per heavy atom. The van der Waals surface area contributed by atoms with Crippen molar-refractivity contribution in [2.75, 3.05) is 5.32 Å². The number of nitrogens with one attached hydrogen (secondary N) is 1. The minimum atomic E-state index is -4.54. The summed E-state index contributed by atoms with van der Waals surface area (Å²) in [5.74, 6) is -0.878. The van der Waals surface area contributed by atoms with Crippen LogP contribution >= 0.6 is 11.6 Å². The number of aromatic nitrogens is 1. The molecule has 0 aliphatic rings. The Hall–Kier alpha value is -3.30. The fourth-order valence-corrected chi connectivity index (χ4v) is 5.43. The van der Waals surface area contributed by atoms with Crippen LogP contribution in [0.3, 0.4) is 0 Å². The molecule has 1 N–H and O–H groups in total. The predicted molar refractivity (Wildman–Crippen MR) is 124 cm³/mol. The van der Waals surface area contributed by atoms with Crippen molar-refractivity contribution in [2.45, 2.75) is 23.4 Å². The van der Waals surface area contributed by atoms with E-state index >= 15 is 0 Å². The summed E-state index contributed by atoms with van der Waals surface area (Å²) >= 11 is 5.97. The largest absolute Gasteiger partial charge is 0.416 e. The highest BCUT2D eigenvalue weighted by Crippen LogP contribution is 2.31. The van der Waals surface area contributed by atoms with Gasteiger partial charge in [-0.25, -0.2) is 8.42 Å². The number of para-hydroxylation sites is 1. The molecule has 4 aromatic rings. The van der Waals surface area contributed by atoms with Gasteiger partial charge in [0.05, 0.1) is 16.2 Å². The van der Waals surface area contributed by atoms with Crippen LogP contribution < -0.4 is 5.32 Å². The second-order valence-electron chi connectivity index (χ2n) is 7.65. The van der Waals surface area contributed by atoms with Gasteiger partial charge in [-0.1, -0.05) is 48.0 Å². The molecule has 1 aromatic heterocycles. The molecule has 34 heavy (non-hydrogen) atoms. The Kier molecular flexibility index (Phi) is 6.42. The number of alkyl halides is 3. The minimum Gasteiger partial charge on any atom is -0.337 e. The molecule has 1 heterocycles. The molecule has 0 saturated carbocycles. The molecule has 0 fully saturated rings. The van der Waals surface area contributed by atoms with Crippen molar-refractivity contribution in [1.82, 2.24) is 4.57 Å². The van der Waals surface area contributed by atoms with Crippen molar-refractivity contribution in [3.05, 3.63) is 95.1 Å². The van der Waals surface area contributed by atoms with Crippen LogP contribution in [0.15, 0.2) is 83.9 Å². The average molecular weight is 507 g/mol. The third-order valence-electron chi connectivity index (χ3n) is 5.12. The Morgan fingerprint density at radius 3 is 2.44 bits per heavy atom. The quantitative estimate of drug-likeness (QED) is 0.352. The minimum absolute atomic E-state index is 0.00918. The lowest BCUT2D eigenvalue weighted by Crippen LogP contribution is -2.18. The number of hydrogen-bond donors (Lipinski definition) is 1. The normalized spacial score (nSPS) is 12.1. The first-order valence-corrected chi connectivity index (χ1v) is 12.1. The first kappa shape index (κ1) is 23.8. The van der Waals surface area contributed by atoms with Gasteiger partial charge in [0.25, 0.3) is 0 Å². The highest BCUT2D eigenvalue weighted by molar-refractivity contribution is 7.90. The van der Waals surface area contributed by atoms with Crippen LogP contribution in [0.4, 0.5) is 18.9 Å². The van der Waals surface area contributed by atoms with Gasteiger partial charge < -0.3 is 9.88 Å². The van der Waals surface area contributed by atoms with E-state index < -0.39 is 27.5 Å². The number of carbonyl (C=O) groups excluding carboxylic acids is 1. The van der Waals surface area contributed by atoms with Gasteiger partial charge in [-0.2, -0.15) is 13.2 Å². The van der Waals surface area contributed by atoms with E-state index in [0.717, 1.165) is 12.1 Å². The molecule has 10 heteroatoms. The van der Waals surface area contributed by atoms with E-state index in [-0.39, 0.29) is 22.9 Å². The van der Waals surface area contributed by atoms with Crippen molar-refractivity contribution >= 4 is 43.9 Å². The number of nitrogens with zero attached hydrogens (tertiary/aromatic N) is 1. The predicted octanol–water partition coefficient (Wildman–Crippen LogP) is 5.93. The maximum atomic E-state index is 13.2. The average Bonchev–Trinajstić information content (AvgIpc) is 3.12. The third kappa shape index (κ3) is 5.26. The van der Waals surface area contributed by atoms with Gasteiger partial charge in [0.2, 0.25) is 5.91 Å². The fraction of sp³-hybridized carbons (Fsp3) is 0.125. The lowest BCUT2D eigenvalue weighted by molar-refractivity contribution is -0.137. The van der Waals surface area contributed by atoms with Crippen LogP contribution in [0.5, 0.6) is 0 Å². The molecule has 0 atom stereocenters. The van der Waals surface area contributed by atoms with Crippen molar-refractivity contribution in [2.24, 2.45) is 0 Å². The van der Waals surface area contributed by atoms with Crippen LogP contribution in [0, 0.1) is 0 Å². The Morgan fingerprint density at radius 1 is 0.971 bits per heavy atom. The third-order valence-corrected chi connectivity index (χ3v) is 7.06. The number of benzene rings is 3. The number of sulfone groups is 1. The summed E-state index contributed by atoms with van der Waals surface area (Å²) in [7, 11) is -3.79. The van der Waals surface area contributed by atoms with Gasteiger partial charge in [-0.15, -0.1) is 0 Å². The van der Waals surface area contributed by atoms with Crippen molar-refractivity contribution in [3.63, 3.8) is 0 Å². The summed E-state index contributed by atoms with van der Waals surface area (Å²) in [6.07, 6.45) is -3.17. The summed E-state index contributed by atoms with van der Waals surface area (Å²) in [5.41, 5.74) is 0.133. The lowest BCUT2D eigenvalue weighted by Gasteiger charge is -2.10. The van der Waals surface area contributed by atoms with E-state index in [1.54, 1.807) is 48.5 Å². The number of hydrogen-bond acceptors (Lipinski definition) is 3. The maximum Gasteiger partial charge on any atom is 0.416 e. The zero-order valence-electron chi connectivity index (χ0n) is 17.5. The van der Waals surface area contributed by atoms with Gasteiger partial charge in [0, 0.05) is 27.8 Å². The summed E-state index contributed by atoms with van der Waals surface area (Å²) < 4.78 is 66.6. The number of halogens is 4. The summed E-state index contributed by atoms with van der Waals surface area (Å²) in [4.78, 5) is 12.6. The molecular weight excluding hydrogens is 489 g/mol. The van der Waals surface area contributed by atoms with Gasteiger partial charge in [0.1, 0.15) is 6.54 Å². The molecule has 0 saturated heterocycles. The number of carbonyl (C=O) groups is 1. The van der Waals surface area contributed by atoms with Crippen LogP contribution in [0.25, 0.3) is 10.9 Å². The second kappa shape index (κ2) is 9.15. The smallest absolute Gasteiger partial charge is 0.337 e. The van der Waals surface area contributed by atoms with Crippen LogP contribution in [-0.2, 0) is 33.1 Å². The molecule has 5 nitrogen and oxygen atoms in total. The standard InChI is InChI=1S/C24H18ClF3N2O3S/c25-18-7-3-5-16(11-18)15-34(32,33)22-13-30(21-10-2-1-9-20(21)22)14-23(31)29-19-8-4-6-17(12-19)24(26,27)28/h1-13H,14-15H2,(H,29,31). The SMILES string of the molecule is O=C(Cn1cc(S(=O)(=O)Cc2cccc(Cl)c2)c2ccccc21)Nc1cccc(C(F)(F)F)c1. The summed E-state index contributed by atoms with van der Waals surface area (Å²) in [6, 6.07) is 17.5. The molecule has 3 aromatic carbocycles. The van der Waals surface area contributed by atoms with E-state index in [4.69, 9.17) is 11.6 Å². The Labute approximate surface area is 198 Å². The first-order valence-electron chi connectivity index (χ1n) is 10.1. The van der Waals surface area contributed by atoms with Crippen molar-refractivity contribution in [1.29, 1.82) is 0 Å². The molecule has 0 spiro atoms. The number of amides is 1. The van der Waals surface area contributed by atoms with Gasteiger partial charge in [-0.3, -0.25) is 4.79 Å². The summed E-state index contributed by atoms with van der Waals surface area (Å²) in [6.45, 7) is -0.288. The fourth-order valence-electron chi connectivity index (χ4n) is 3.64. The van der Waals surface area contributed by atoms with E-state index in [0.29, 0.717) is 21.5 Å². The molecule has 176 valence electrons. The topological polar surface area (TPSA) is 68.2 Å². The van der Waals surface area contributed by atoms with Crippen LogP contribution in [-0.4, -0.2) is 18.9 Å². The van der Waals surface area contributed by atoms with E-state index in [1.165, 1.54) is 22.9 Å². The Bertz CT molecular complexity index is 1480. The zero-order valence-corrected chi connectivity index (χ0v) is 19.1. The highest BCUT2D eigenvalue weighted by atomic mass is 35.5. The first-order chi connectivity index (χ1) is 16.0. The van der Waals surface area contributed by atoms with E-state index in [1.807, 2.05) is 0 Å². The van der Waals surface area contributed by atoms with Crippen LogP contribution in [0.2, 0.25) is 5.02 Å². The molecule has 0 bridgehead atoms. The molecule has 0 aliphatic carbocycles. The molecule has 4 rings (SSSR count). The lowest BCUT2D eigenvalue weighted by atomic mass is 10.2. The van der Waals surface area contributed by atoms with E-state index in [2.05, 4.69) is 5.32 Å². The molecule has 0 aliphatic heterocycles. The zero-order chi connectivity index (χ0) is 24.5. The molecule has 0 unspecified atom stereocenters. The number of rotatable bonds is 6. The van der Waals surface area contributed by atoms with Crippen LogP contribution in [0.1, 0.15) is 11.1 Å². The van der Waals surface area contributed by atoms with E-state index in [9.17, 15) is 26.4 Å². The highest BCUT2D eigenvalue weighted by Gasteiger charge is 2.30.